The molecule has 0 saturated carbocycles. The van der Waals surface area contributed by atoms with E-state index in [4.69, 9.17) is 26.8 Å². The lowest BCUT2D eigenvalue weighted by atomic mass is 9.73. The van der Waals surface area contributed by atoms with Gasteiger partial charge in [0.2, 0.25) is 0 Å². The van der Waals surface area contributed by atoms with Crippen LogP contribution in [0.2, 0.25) is 5.02 Å². The van der Waals surface area contributed by atoms with Gasteiger partial charge in [-0.1, -0.05) is 36.7 Å². The van der Waals surface area contributed by atoms with Crippen molar-refractivity contribution in [2.45, 2.75) is 32.6 Å². The van der Waals surface area contributed by atoms with Crippen LogP contribution in [-0.4, -0.2) is 44.3 Å². The van der Waals surface area contributed by atoms with E-state index in [0.717, 1.165) is 0 Å². The van der Waals surface area contributed by atoms with Gasteiger partial charge < -0.3 is 15.2 Å². The van der Waals surface area contributed by atoms with Crippen molar-refractivity contribution in [3.8, 4) is 0 Å². The Hall–Kier alpha value is -2.02. The van der Waals surface area contributed by atoms with Crippen LogP contribution >= 0.6 is 11.6 Å². The Balaban J connectivity index is 2.67. The average Bonchev–Trinajstić information content (AvgIpc) is 2.67. The van der Waals surface area contributed by atoms with Crippen LogP contribution in [0.4, 0.5) is 0 Å². The molecule has 2 atom stereocenters. The van der Waals surface area contributed by atoms with E-state index < -0.39 is 17.8 Å². The number of ketones is 1. The third-order valence-electron chi connectivity index (χ3n) is 4.69. The summed E-state index contributed by atoms with van der Waals surface area (Å²) in [5, 5.41) is 0.486. The number of benzene rings is 1. The first kappa shape index (κ1) is 22.3. The molecule has 0 spiro atoms. The van der Waals surface area contributed by atoms with Gasteiger partial charge in [-0.3, -0.25) is 14.6 Å². The normalized spacial score (nSPS) is 19.4. The van der Waals surface area contributed by atoms with Gasteiger partial charge in [-0.25, -0.2) is 0 Å². The van der Waals surface area contributed by atoms with Crippen molar-refractivity contribution < 1.29 is 19.1 Å². The summed E-state index contributed by atoms with van der Waals surface area (Å²) in [5.74, 6) is -1.81. The molecular formula is C21H27ClN2O4. The molecule has 0 bridgehead atoms. The molecule has 6 nitrogen and oxygen atoms in total. The second kappa shape index (κ2) is 10.5. The van der Waals surface area contributed by atoms with Gasteiger partial charge in [0.25, 0.3) is 0 Å². The summed E-state index contributed by atoms with van der Waals surface area (Å²) < 4.78 is 10.6. The lowest BCUT2D eigenvalue weighted by Gasteiger charge is -2.33. The Bertz CT molecular complexity index is 788. The van der Waals surface area contributed by atoms with Crippen molar-refractivity contribution in [2.75, 3.05) is 26.9 Å². The number of carbonyl (C=O) groups excluding carboxylic acids is 2. The van der Waals surface area contributed by atoms with E-state index in [1.54, 1.807) is 13.0 Å². The zero-order chi connectivity index (χ0) is 20.7. The number of esters is 1. The molecule has 0 aliphatic carbocycles. The number of halogens is 1. The number of allylic oxidation sites excluding steroid dienone is 1. The third kappa shape index (κ3) is 4.87. The van der Waals surface area contributed by atoms with Gasteiger partial charge >= 0.3 is 5.97 Å². The van der Waals surface area contributed by atoms with Crippen LogP contribution in [0.5, 0.6) is 0 Å². The molecule has 7 heteroatoms. The number of ether oxygens (including phenoxy) is 2. The number of hydrogen-bond acceptors (Lipinski definition) is 6. The lowest BCUT2D eigenvalue weighted by Crippen LogP contribution is -2.36. The Morgan fingerprint density at radius 2 is 2.00 bits per heavy atom. The first-order chi connectivity index (χ1) is 13.5. The van der Waals surface area contributed by atoms with E-state index in [2.05, 4.69) is 4.99 Å². The Labute approximate surface area is 170 Å². The quantitative estimate of drug-likeness (QED) is 0.502. The van der Waals surface area contributed by atoms with Gasteiger partial charge in [-0.2, -0.15) is 0 Å². The molecule has 2 N–H and O–H groups in total. The maximum Gasteiger partial charge on any atom is 0.315 e. The molecule has 1 aliphatic heterocycles. The van der Waals surface area contributed by atoms with Gasteiger partial charge in [0.05, 0.1) is 26.0 Å². The molecule has 0 amide bonds. The average molecular weight is 407 g/mol. The minimum atomic E-state index is -0.723. The van der Waals surface area contributed by atoms with Gasteiger partial charge in [0.15, 0.2) is 5.78 Å². The Morgan fingerprint density at radius 1 is 1.29 bits per heavy atom. The van der Waals surface area contributed by atoms with Gasteiger partial charge in [0, 0.05) is 35.2 Å². The topological polar surface area (TPSA) is 91.0 Å². The van der Waals surface area contributed by atoms with E-state index in [0.29, 0.717) is 53.6 Å². The molecule has 0 fully saturated rings. The van der Waals surface area contributed by atoms with Gasteiger partial charge in [-0.15, -0.1) is 0 Å². The molecule has 28 heavy (non-hydrogen) atoms. The number of hydrogen-bond donors (Lipinski definition) is 1. The lowest BCUT2D eigenvalue weighted by molar-refractivity contribution is -0.143. The minimum Gasteiger partial charge on any atom is -0.468 e. The monoisotopic (exact) mass is 406 g/mol. The largest absolute Gasteiger partial charge is 0.468 e. The van der Waals surface area contributed by atoms with Crippen LogP contribution in [-0.2, 0) is 19.1 Å². The van der Waals surface area contributed by atoms with Crippen LogP contribution in [0.1, 0.15) is 38.2 Å². The van der Waals surface area contributed by atoms with E-state index in [1.165, 1.54) is 7.11 Å². The predicted molar refractivity (Wildman–Crippen MR) is 110 cm³/mol. The number of methoxy groups -OCH3 is 1. The second-order valence-electron chi connectivity index (χ2n) is 6.63. The van der Waals surface area contributed by atoms with Crippen LogP contribution in [0.3, 0.4) is 0 Å². The van der Waals surface area contributed by atoms with Crippen LogP contribution in [0.15, 0.2) is 40.5 Å². The standard InChI is InChI=1S/C21H27ClN2O4/c1-4-7-17(25)20-16(12-28-11-10-23)24-13(2)18(21(26)27-3)19(20)14-8-5-6-9-15(14)22/h5-6,8-9,18-19H,4,7,10-12,23H2,1-3H3. The van der Waals surface area contributed by atoms with E-state index >= 15 is 0 Å². The molecule has 1 aliphatic rings. The van der Waals surface area contributed by atoms with E-state index in [-0.39, 0.29) is 12.4 Å². The molecule has 0 aromatic heterocycles. The number of rotatable bonds is 9. The molecule has 1 heterocycles. The highest BCUT2D eigenvalue weighted by Gasteiger charge is 2.42. The number of nitrogens with zero attached hydrogens (tertiary/aromatic N) is 1. The fourth-order valence-electron chi connectivity index (χ4n) is 3.48. The second-order valence-corrected chi connectivity index (χ2v) is 7.04. The Morgan fingerprint density at radius 3 is 2.61 bits per heavy atom. The number of aliphatic imine (C=N–C) groups is 1. The van der Waals surface area contributed by atoms with Crippen molar-refractivity contribution in [1.29, 1.82) is 0 Å². The maximum absolute atomic E-state index is 13.1. The fourth-order valence-corrected chi connectivity index (χ4v) is 3.74. The number of nitrogens with two attached hydrogens (primary N) is 1. The summed E-state index contributed by atoms with van der Waals surface area (Å²) in [7, 11) is 1.33. The summed E-state index contributed by atoms with van der Waals surface area (Å²) in [6.07, 6.45) is 1.03. The van der Waals surface area contributed by atoms with Crippen LogP contribution < -0.4 is 5.73 Å². The van der Waals surface area contributed by atoms with Gasteiger partial charge in [-0.05, 0) is 25.0 Å². The molecule has 0 radical (unpaired) electrons. The first-order valence-electron chi connectivity index (χ1n) is 9.37. The van der Waals surface area contributed by atoms with Crippen molar-refractivity contribution in [3.63, 3.8) is 0 Å². The number of carbonyl (C=O) groups is 2. The summed E-state index contributed by atoms with van der Waals surface area (Å²) in [4.78, 5) is 30.3. The first-order valence-corrected chi connectivity index (χ1v) is 9.75. The summed E-state index contributed by atoms with van der Waals surface area (Å²) in [5.41, 5.74) is 7.76. The fraction of sp³-hybridized carbons (Fsp3) is 0.476. The molecule has 2 unspecified atom stereocenters. The molecule has 1 aromatic rings. The summed E-state index contributed by atoms with van der Waals surface area (Å²) in [6, 6.07) is 7.23. The third-order valence-corrected chi connectivity index (χ3v) is 5.03. The number of Topliss-reactive ketones (excluding diaryl/α,β-unsaturated/α-hetero) is 1. The zero-order valence-corrected chi connectivity index (χ0v) is 17.3. The minimum absolute atomic E-state index is 0.0658. The molecule has 2 rings (SSSR count). The zero-order valence-electron chi connectivity index (χ0n) is 16.5. The van der Waals surface area contributed by atoms with Crippen molar-refractivity contribution in [3.05, 3.63) is 46.1 Å². The molecule has 152 valence electrons. The van der Waals surface area contributed by atoms with Crippen LogP contribution in [0, 0.1) is 5.92 Å². The maximum atomic E-state index is 13.1. The van der Waals surface area contributed by atoms with Crippen molar-refractivity contribution >= 4 is 29.1 Å². The Kier molecular flexibility index (Phi) is 8.35. The van der Waals surface area contributed by atoms with Crippen LogP contribution in [0.25, 0.3) is 0 Å². The highest BCUT2D eigenvalue weighted by molar-refractivity contribution is 6.31. The molecular weight excluding hydrogens is 380 g/mol. The summed E-state index contributed by atoms with van der Waals surface area (Å²) in [6.45, 7) is 4.56. The van der Waals surface area contributed by atoms with E-state index in [1.807, 2.05) is 25.1 Å². The molecule has 1 aromatic carbocycles. The summed E-state index contributed by atoms with van der Waals surface area (Å²) >= 11 is 6.47. The highest BCUT2D eigenvalue weighted by atomic mass is 35.5. The van der Waals surface area contributed by atoms with Crippen molar-refractivity contribution in [1.82, 2.24) is 0 Å². The predicted octanol–water partition coefficient (Wildman–Crippen LogP) is 3.29. The highest BCUT2D eigenvalue weighted by Crippen LogP contribution is 2.42. The van der Waals surface area contributed by atoms with Crippen molar-refractivity contribution in [2.24, 2.45) is 16.6 Å². The van der Waals surface area contributed by atoms with E-state index in [9.17, 15) is 9.59 Å². The smallest absolute Gasteiger partial charge is 0.315 e. The SMILES string of the molecule is CCCC(=O)C1=C(COCCN)N=C(C)C(C(=O)OC)C1c1ccccc1Cl. The van der Waals surface area contributed by atoms with Gasteiger partial charge in [0.1, 0.15) is 5.92 Å². The molecule has 0 saturated heterocycles.